The summed E-state index contributed by atoms with van der Waals surface area (Å²) in [6.45, 7) is -0.214. The summed E-state index contributed by atoms with van der Waals surface area (Å²) in [6, 6.07) is 6.99. The number of nitrogens with zero attached hydrogens (tertiary/aromatic N) is 1. The fourth-order valence-corrected chi connectivity index (χ4v) is 3.67. The molecule has 2 aliphatic rings. The van der Waals surface area contributed by atoms with E-state index in [1.54, 1.807) is 0 Å². The first kappa shape index (κ1) is 19.7. The summed E-state index contributed by atoms with van der Waals surface area (Å²) in [5.74, 6) is -3.03. The smallest absolute Gasteiger partial charge is 0.255 e. The Bertz CT molecular complexity index is 1070. The van der Waals surface area contributed by atoms with Gasteiger partial charge in [0.05, 0.1) is 6.54 Å². The monoisotopic (exact) mass is 413 g/mol. The molecular weight excluding hydrogens is 396 g/mol. The van der Waals surface area contributed by atoms with E-state index in [1.807, 2.05) is 0 Å². The van der Waals surface area contributed by atoms with E-state index in [0.29, 0.717) is 0 Å². The van der Waals surface area contributed by atoms with Crippen molar-refractivity contribution in [2.24, 2.45) is 0 Å². The number of carbonyl (C=O) groups excluding carboxylic acids is 4. The first-order chi connectivity index (χ1) is 14.3. The topological polar surface area (TPSA) is 95.6 Å². The Morgan fingerprint density at radius 1 is 1.10 bits per heavy atom. The van der Waals surface area contributed by atoms with Gasteiger partial charge in [-0.2, -0.15) is 0 Å². The van der Waals surface area contributed by atoms with Crippen molar-refractivity contribution in [2.75, 3.05) is 0 Å². The molecule has 2 aromatic rings. The molecule has 0 spiro atoms. The second-order valence-corrected chi connectivity index (χ2v) is 7.15. The van der Waals surface area contributed by atoms with Gasteiger partial charge in [0, 0.05) is 35.2 Å². The molecule has 1 saturated heterocycles. The zero-order valence-electron chi connectivity index (χ0n) is 15.7. The summed E-state index contributed by atoms with van der Waals surface area (Å²) >= 11 is 0. The number of nitrogens with one attached hydrogen (secondary N) is 2. The molecule has 1 atom stereocenters. The zero-order chi connectivity index (χ0) is 21.4. The third kappa shape index (κ3) is 3.54. The summed E-state index contributed by atoms with van der Waals surface area (Å²) in [5, 5.41) is 4.76. The SMILES string of the molecule is O=C1CCC(N2Cc3c(ccc(CNC(=O)c4ccc(F)cc4)c3F)C2=O)C(=O)N1. The van der Waals surface area contributed by atoms with E-state index in [-0.39, 0.29) is 48.2 Å². The maximum Gasteiger partial charge on any atom is 0.255 e. The van der Waals surface area contributed by atoms with Gasteiger partial charge in [0.25, 0.3) is 11.8 Å². The minimum Gasteiger partial charge on any atom is -0.348 e. The van der Waals surface area contributed by atoms with Gasteiger partial charge in [0.15, 0.2) is 0 Å². The maximum atomic E-state index is 15.0. The highest BCUT2D eigenvalue weighted by atomic mass is 19.1. The van der Waals surface area contributed by atoms with Crippen LogP contribution in [-0.2, 0) is 22.7 Å². The number of amides is 4. The average Bonchev–Trinajstić information content (AvgIpc) is 3.05. The third-order valence-corrected chi connectivity index (χ3v) is 5.28. The molecule has 1 unspecified atom stereocenters. The van der Waals surface area contributed by atoms with Crippen molar-refractivity contribution in [3.8, 4) is 0 Å². The number of piperidine rings is 1. The number of halogens is 2. The van der Waals surface area contributed by atoms with Crippen LogP contribution in [0.3, 0.4) is 0 Å². The molecule has 2 aliphatic heterocycles. The van der Waals surface area contributed by atoms with Crippen LogP contribution in [0, 0.1) is 11.6 Å². The van der Waals surface area contributed by atoms with Crippen LogP contribution in [0.2, 0.25) is 0 Å². The molecule has 0 aromatic heterocycles. The van der Waals surface area contributed by atoms with E-state index in [9.17, 15) is 23.6 Å². The molecule has 0 bridgehead atoms. The van der Waals surface area contributed by atoms with Gasteiger partial charge in [0.2, 0.25) is 11.8 Å². The second kappa shape index (κ2) is 7.66. The molecule has 1 fully saturated rings. The number of hydrogen-bond acceptors (Lipinski definition) is 4. The second-order valence-electron chi connectivity index (χ2n) is 7.15. The summed E-state index contributed by atoms with van der Waals surface area (Å²) in [6.07, 6.45) is 0.298. The largest absolute Gasteiger partial charge is 0.348 e. The molecule has 4 amide bonds. The number of hydrogen-bond donors (Lipinski definition) is 2. The summed E-state index contributed by atoms with van der Waals surface area (Å²) in [5.41, 5.74) is 0.725. The highest BCUT2D eigenvalue weighted by molar-refractivity contribution is 6.05. The van der Waals surface area contributed by atoms with Gasteiger partial charge in [-0.05, 0) is 36.8 Å². The van der Waals surface area contributed by atoms with Gasteiger partial charge in [0.1, 0.15) is 17.7 Å². The third-order valence-electron chi connectivity index (χ3n) is 5.28. The standard InChI is InChI=1S/C21H17F2N3O4/c22-13-4-1-11(2-5-13)19(28)24-9-12-3-6-14-15(18(12)23)10-26(21(14)30)16-7-8-17(27)25-20(16)29/h1-6,16H,7-10H2,(H,24,28)(H,25,27,29). The molecule has 0 aliphatic carbocycles. The lowest BCUT2D eigenvalue weighted by atomic mass is 10.0. The van der Waals surface area contributed by atoms with Crippen LogP contribution < -0.4 is 10.6 Å². The van der Waals surface area contributed by atoms with E-state index >= 15 is 4.39 Å². The summed E-state index contributed by atoms with van der Waals surface area (Å²) < 4.78 is 28.0. The molecular formula is C21H17F2N3O4. The Balaban J connectivity index is 1.49. The van der Waals surface area contributed by atoms with Crippen molar-refractivity contribution >= 4 is 23.6 Å². The molecule has 9 heteroatoms. The van der Waals surface area contributed by atoms with Crippen molar-refractivity contribution in [3.63, 3.8) is 0 Å². The molecule has 2 heterocycles. The number of benzene rings is 2. The summed E-state index contributed by atoms with van der Waals surface area (Å²) in [7, 11) is 0. The minimum atomic E-state index is -0.830. The van der Waals surface area contributed by atoms with Crippen LogP contribution in [0.25, 0.3) is 0 Å². The molecule has 0 radical (unpaired) electrons. The first-order valence-corrected chi connectivity index (χ1v) is 9.34. The number of imide groups is 1. The zero-order valence-corrected chi connectivity index (χ0v) is 15.7. The Kier molecular flexibility index (Phi) is 5.03. The molecule has 4 rings (SSSR count). The average molecular weight is 413 g/mol. The molecule has 7 nitrogen and oxygen atoms in total. The van der Waals surface area contributed by atoms with Gasteiger partial charge in [-0.25, -0.2) is 8.78 Å². The van der Waals surface area contributed by atoms with E-state index in [4.69, 9.17) is 0 Å². The van der Waals surface area contributed by atoms with E-state index in [1.165, 1.54) is 29.2 Å². The van der Waals surface area contributed by atoms with Gasteiger partial charge in [-0.15, -0.1) is 0 Å². The van der Waals surface area contributed by atoms with Crippen molar-refractivity contribution in [3.05, 3.63) is 70.3 Å². The van der Waals surface area contributed by atoms with Crippen LogP contribution in [0.5, 0.6) is 0 Å². The number of rotatable bonds is 4. The number of fused-ring (bicyclic) bond motifs is 1. The molecule has 2 aromatic carbocycles. The highest BCUT2D eigenvalue weighted by Gasteiger charge is 2.40. The number of carbonyl (C=O) groups is 4. The van der Waals surface area contributed by atoms with Gasteiger partial charge in [-0.1, -0.05) is 6.07 Å². The van der Waals surface area contributed by atoms with Gasteiger partial charge >= 0.3 is 0 Å². The van der Waals surface area contributed by atoms with E-state index in [0.717, 1.165) is 12.1 Å². The fraction of sp³-hybridized carbons (Fsp3) is 0.238. The maximum absolute atomic E-state index is 15.0. The van der Waals surface area contributed by atoms with Gasteiger partial charge in [-0.3, -0.25) is 24.5 Å². The van der Waals surface area contributed by atoms with E-state index in [2.05, 4.69) is 10.6 Å². The predicted molar refractivity (Wildman–Crippen MR) is 100 cm³/mol. The van der Waals surface area contributed by atoms with Crippen molar-refractivity contribution in [1.29, 1.82) is 0 Å². The first-order valence-electron chi connectivity index (χ1n) is 9.34. The van der Waals surface area contributed by atoms with Gasteiger partial charge < -0.3 is 10.2 Å². The quantitative estimate of drug-likeness (QED) is 0.746. The van der Waals surface area contributed by atoms with Crippen LogP contribution in [0.15, 0.2) is 36.4 Å². The normalized spacial score (nSPS) is 18.3. The van der Waals surface area contributed by atoms with Crippen molar-refractivity contribution < 1.29 is 28.0 Å². The summed E-state index contributed by atoms with van der Waals surface area (Å²) in [4.78, 5) is 49.5. The van der Waals surface area contributed by atoms with Crippen molar-refractivity contribution in [2.45, 2.75) is 32.0 Å². The lowest BCUT2D eigenvalue weighted by molar-refractivity contribution is -0.136. The fourth-order valence-electron chi connectivity index (χ4n) is 3.67. The highest BCUT2D eigenvalue weighted by Crippen LogP contribution is 2.30. The van der Waals surface area contributed by atoms with Crippen LogP contribution in [0.1, 0.15) is 44.7 Å². The van der Waals surface area contributed by atoms with Crippen LogP contribution >= 0.6 is 0 Å². The van der Waals surface area contributed by atoms with Crippen LogP contribution in [0.4, 0.5) is 8.78 Å². The Morgan fingerprint density at radius 2 is 1.83 bits per heavy atom. The Labute approximate surface area is 170 Å². The Morgan fingerprint density at radius 3 is 2.53 bits per heavy atom. The van der Waals surface area contributed by atoms with E-state index < -0.39 is 41.3 Å². The van der Waals surface area contributed by atoms with Crippen LogP contribution in [-0.4, -0.2) is 34.6 Å². The molecule has 0 saturated carbocycles. The predicted octanol–water partition coefficient (Wildman–Crippen LogP) is 1.66. The molecule has 2 N–H and O–H groups in total. The van der Waals surface area contributed by atoms with Crippen molar-refractivity contribution in [1.82, 2.24) is 15.5 Å². The lowest BCUT2D eigenvalue weighted by Crippen LogP contribution is -2.52. The lowest BCUT2D eigenvalue weighted by Gasteiger charge is -2.29. The minimum absolute atomic E-state index is 0.0912. The molecule has 154 valence electrons. The molecule has 30 heavy (non-hydrogen) atoms. The Hall–Kier alpha value is -3.62.